The molecule has 0 aliphatic rings. The van der Waals surface area contributed by atoms with Gasteiger partial charge in [0.05, 0.1) is 10.9 Å². The van der Waals surface area contributed by atoms with Crippen molar-refractivity contribution in [2.45, 2.75) is 13.8 Å². The summed E-state index contributed by atoms with van der Waals surface area (Å²) in [6.07, 6.45) is 0. The summed E-state index contributed by atoms with van der Waals surface area (Å²) in [6, 6.07) is 9.02. The Morgan fingerprint density at radius 3 is 2.32 bits per heavy atom. The smallest absolute Gasteiger partial charge is 0.174 e. The number of hydrogen-bond acceptors (Lipinski definition) is 4. The highest BCUT2D eigenvalue weighted by atomic mass is 16.8. The largest absolute Gasteiger partial charge is 0.595 e. The van der Waals surface area contributed by atoms with Crippen LogP contribution >= 0.6 is 0 Å². The predicted molar refractivity (Wildman–Crippen MR) is 72.3 cm³/mol. The lowest BCUT2D eigenvalue weighted by atomic mass is 10.1. The van der Waals surface area contributed by atoms with Crippen molar-refractivity contribution in [3.63, 3.8) is 0 Å². The third-order valence-corrected chi connectivity index (χ3v) is 3.14. The average Bonchev–Trinajstić information content (AvgIpc) is 2.37. The van der Waals surface area contributed by atoms with Gasteiger partial charge in [-0.3, -0.25) is 9.97 Å². The van der Waals surface area contributed by atoms with Crippen LogP contribution in [-0.4, -0.2) is 15.2 Å². The van der Waals surface area contributed by atoms with Gasteiger partial charge in [0, 0.05) is 22.8 Å². The van der Waals surface area contributed by atoms with E-state index in [1.54, 1.807) is 12.1 Å². The number of quaternary nitrogens is 1. The van der Waals surface area contributed by atoms with Crippen LogP contribution in [0.3, 0.4) is 0 Å². The van der Waals surface area contributed by atoms with Crippen LogP contribution in [0.2, 0.25) is 0 Å². The molecule has 0 bridgehead atoms. The van der Waals surface area contributed by atoms with E-state index in [0.29, 0.717) is 10.9 Å². The first-order valence-electron chi connectivity index (χ1n) is 5.97. The molecule has 19 heavy (non-hydrogen) atoms. The van der Waals surface area contributed by atoms with Crippen molar-refractivity contribution in [2.24, 2.45) is 0 Å². The van der Waals surface area contributed by atoms with Gasteiger partial charge in [0.2, 0.25) is 0 Å². The number of pyridine rings is 2. The maximum Gasteiger partial charge on any atom is 0.174 e. The van der Waals surface area contributed by atoms with Crippen LogP contribution in [-0.2, 0) is 0 Å². The summed E-state index contributed by atoms with van der Waals surface area (Å²) in [7, 11) is 0. The van der Waals surface area contributed by atoms with Gasteiger partial charge in [-0.25, -0.2) is 5.21 Å². The zero-order valence-electron chi connectivity index (χ0n) is 10.6. The molecule has 2 N–H and O–H groups in total. The van der Waals surface area contributed by atoms with Crippen LogP contribution in [0.4, 0.5) is 5.69 Å². The number of rotatable bonds is 1. The van der Waals surface area contributed by atoms with E-state index in [9.17, 15) is 10.4 Å². The summed E-state index contributed by atoms with van der Waals surface area (Å²) in [4.78, 5) is 8.95. The fourth-order valence-corrected chi connectivity index (χ4v) is 2.24. The number of hydrogen-bond donors (Lipinski definition) is 2. The second-order valence-electron chi connectivity index (χ2n) is 4.60. The quantitative estimate of drug-likeness (QED) is 0.513. The Hall–Kier alpha value is -2.08. The van der Waals surface area contributed by atoms with E-state index in [1.807, 2.05) is 32.0 Å². The van der Waals surface area contributed by atoms with Gasteiger partial charge in [0.15, 0.2) is 5.69 Å². The third kappa shape index (κ3) is 1.94. The molecule has 1 aromatic carbocycles. The van der Waals surface area contributed by atoms with Gasteiger partial charge in [-0.15, -0.1) is 0 Å². The lowest BCUT2D eigenvalue weighted by Gasteiger charge is -2.15. The van der Waals surface area contributed by atoms with E-state index in [1.165, 1.54) is 0 Å². The Labute approximate surface area is 109 Å². The van der Waals surface area contributed by atoms with Crippen molar-refractivity contribution in [3.05, 3.63) is 46.9 Å². The number of nitrogens with zero attached hydrogens (tertiary/aromatic N) is 2. The first-order chi connectivity index (χ1) is 9.06. The number of aryl methyl sites for hydroxylation is 2. The van der Waals surface area contributed by atoms with E-state index < -0.39 is 5.23 Å². The summed E-state index contributed by atoms with van der Waals surface area (Å²) in [6.45, 7) is 3.79. The van der Waals surface area contributed by atoms with Gasteiger partial charge in [0.25, 0.3) is 0 Å². The van der Waals surface area contributed by atoms with E-state index >= 15 is 0 Å². The van der Waals surface area contributed by atoms with Gasteiger partial charge in [-0.1, -0.05) is 6.07 Å². The zero-order chi connectivity index (χ0) is 13.6. The van der Waals surface area contributed by atoms with Crippen LogP contribution in [0.1, 0.15) is 11.4 Å². The molecule has 5 heteroatoms. The van der Waals surface area contributed by atoms with Crippen molar-refractivity contribution >= 4 is 27.5 Å². The lowest BCUT2D eigenvalue weighted by molar-refractivity contribution is -0.990. The molecule has 2 heterocycles. The fraction of sp³-hybridized carbons (Fsp3) is 0.143. The van der Waals surface area contributed by atoms with E-state index in [4.69, 9.17) is 0 Å². The second kappa shape index (κ2) is 4.24. The van der Waals surface area contributed by atoms with E-state index in [2.05, 4.69) is 9.97 Å². The average molecular weight is 255 g/mol. The van der Waals surface area contributed by atoms with Crippen molar-refractivity contribution in [1.29, 1.82) is 0 Å². The Kier molecular flexibility index (Phi) is 2.67. The Bertz CT molecular complexity index is 784. The normalized spacial score (nSPS) is 13.1. The molecule has 0 saturated carbocycles. The second-order valence-corrected chi connectivity index (χ2v) is 4.60. The van der Waals surface area contributed by atoms with Crippen LogP contribution in [0.25, 0.3) is 21.8 Å². The molecule has 0 saturated heterocycles. The molecule has 0 radical (unpaired) electrons. The van der Waals surface area contributed by atoms with Crippen molar-refractivity contribution in [1.82, 2.24) is 9.97 Å². The third-order valence-electron chi connectivity index (χ3n) is 3.14. The molecule has 5 nitrogen and oxygen atoms in total. The number of fused-ring (bicyclic) bond motifs is 3. The molecule has 0 amide bonds. The summed E-state index contributed by atoms with van der Waals surface area (Å²) >= 11 is 0. The molecule has 3 aromatic rings. The zero-order valence-corrected chi connectivity index (χ0v) is 10.6. The monoisotopic (exact) mass is 255 g/mol. The van der Waals surface area contributed by atoms with Crippen LogP contribution in [0.15, 0.2) is 30.3 Å². The molecule has 0 aliphatic heterocycles. The highest BCUT2D eigenvalue weighted by molar-refractivity contribution is 6.07. The van der Waals surface area contributed by atoms with Gasteiger partial charge < -0.3 is 5.21 Å². The highest BCUT2D eigenvalue weighted by Crippen LogP contribution is 2.28. The minimum Gasteiger partial charge on any atom is -0.595 e. The molecule has 2 aromatic heterocycles. The van der Waals surface area contributed by atoms with Crippen LogP contribution in [0, 0.1) is 19.1 Å². The minimum absolute atomic E-state index is 0.264. The van der Waals surface area contributed by atoms with Gasteiger partial charge in [-0.05, 0) is 32.0 Å². The first-order valence-corrected chi connectivity index (χ1v) is 5.97. The molecular weight excluding hydrogens is 242 g/mol. The number of aromatic nitrogens is 2. The summed E-state index contributed by atoms with van der Waals surface area (Å²) in [5.41, 5.74) is 3.41. The Balaban J connectivity index is 2.54. The van der Waals surface area contributed by atoms with Crippen molar-refractivity contribution in [3.8, 4) is 0 Å². The maximum atomic E-state index is 11.4. The van der Waals surface area contributed by atoms with E-state index in [0.717, 1.165) is 22.3 Å². The first kappa shape index (κ1) is 12.0. The molecule has 96 valence electrons. The molecule has 3 rings (SSSR count). The SMILES string of the molecule is Cc1ccc2cc([NH+]([O-])O)c3ccc(C)nc3c2n1. The van der Waals surface area contributed by atoms with Crippen molar-refractivity contribution in [2.75, 3.05) is 0 Å². The van der Waals surface area contributed by atoms with Crippen LogP contribution < -0.4 is 5.23 Å². The molecule has 1 atom stereocenters. The summed E-state index contributed by atoms with van der Waals surface area (Å²) < 4.78 is 0. The highest BCUT2D eigenvalue weighted by Gasteiger charge is 2.13. The Morgan fingerprint density at radius 2 is 1.63 bits per heavy atom. The van der Waals surface area contributed by atoms with Gasteiger partial charge in [0.1, 0.15) is 5.52 Å². The molecule has 0 fully saturated rings. The fourth-order valence-electron chi connectivity index (χ4n) is 2.24. The maximum absolute atomic E-state index is 11.4. The predicted octanol–water partition coefficient (Wildman–Crippen LogP) is 1.80. The van der Waals surface area contributed by atoms with Gasteiger partial charge >= 0.3 is 0 Å². The lowest BCUT2D eigenvalue weighted by Crippen LogP contribution is -2.99. The Morgan fingerprint density at radius 1 is 1.00 bits per heavy atom. The van der Waals surface area contributed by atoms with Gasteiger partial charge in [-0.2, -0.15) is 5.23 Å². The molecule has 0 aliphatic carbocycles. The van der Waals surface area contributed by atoms with Crippen LogP contribution in [0.5, 0.6) is 0 Å². The number of nitrogens with one attached hydrogen (secondary N) is 1. The standard InChI is InChI=1S/C14H13N3O2/c1-8-3-5-10-7-12(17(18)19)11-6-4-9(2)16-14(11)13(10)15-8/h3-7,17-18H,1-2H3. The molecule has 0 spiro atoms. The topological polar surface area (TPSA) is 73.5 Å². The number of benzene rings is 1. The molecular formula is C14H13N3O2. The van der Waals surface area contributed by atoms with Crippen molar-refractivity contribution < 1.29 is 10.4 Å². The molecule has 1 unspecified atom stereocenters. The summed E-state index contributed by atoms with van der Waals surface area (Å²) in [5.74, 6) is 0. The van der Waals surface area contributed by atoms with E-state index in [-0.39, 0.29) is 5.69 Å². The minimum atomic E-state index is -0.946. The summed E-state index contributed by atoms with van der Waals surface area (Å²) in [5, 5.41) is 21.2.